The summed E-state index contributed by atoms with van der Waals surface area (Å²) in [6, 6.07) is 5.46. The van der Waals surface area contributed by atoms with E-state index in [4.69, 9.17) is 4.74 Å². The summed E-state index contributed by atoms with van der Waals surface area (Å²) in [6.07, 6.45) is -2.72. The van der Waals surface area contributed by atoms with Crippen LogP contribution in [0.3, 0.4) is 0 Å². The van der Waals surface area contributed by atoms with Crippen LogP contribution in [0.2, 0.25) is 0 Å². The number of piperidine rings is 1. The SMILES string of the molecule is Cc1ccc(OC(C)C(=O)N2CCC([C@@H]3C[C@H](C(F)(F)F)n4ncnc4N3)CC2)cc1. The molecule has 1 aromatic heterocycles. The summed E-state index contributed by atoms with van der Waals surface area (Å²) in [4.78, 5) is 18.5. The normalized spacial score (nSPS) is 23.1. The van der Waals surface area contributed by atoms with Crippen molar-refractivity contribution in [2.24, 2.45) is 5.92 Å². The average Bonchev–Trinajstić information content (AvgIpc) is 3.22. The zero-order chi connectivity index (χ0) is 22.2. The molecule has 1 saturated heterocycles. The number of aromatic nitrogens is 3. The predicted molar refractivity (Wildman–Crippen MR) is 108 cm³/mol. The maximum atomic E-state index is 13.5. The number of fused-ring (bicyclic) bond motifs is 1. The van der Waals surface area contributed by atoms with Crippen molar-refractivity contribution in [1.82, 2.24) is 19.7 Å². The highest BCUT2D eigenvalue weighted by atomic mass is 19.4. The lowest BCUT2D eigenvalue weighted by atomic mass is 9.85. The summed E-state index contributed by atoms with van der Waals surface area (Å²) in [7, 11) is 0. The molecule has 2 aromatic rings. The molecule has 3 heterocycles. The van der Waals surface area contributed by atoms with E-state index in [-0.39, 0.29) is 30.2 Å². The van der Waals surface area contributed by atoms with Gasteiger partial charge in [-0.1, -0.05) is 17.7 Å². The van der Waals surface area contributed by atoms with Gasteiger partial charge in [-0.3, -0.25) is 4.79 Å². The van der Waals surface area contributed by atoms with E-state index in [1.165, 1.54) is 0 Å². The van der Waals surface area contributed by atoms with Gasteiger partial charge in [0, 0.05) is 19.1 Å². The molecule has 2 aliphatic heterocycles. The fraction of sp³-hybridized carbons (Fsp3) is 0.571. The second kappa shape index (κ2) is 8.39. The monoisotopic (exact) mass is 437 g/mol. The van der Waals surface area contributed by atoms with Gasteiger partial charge >= 0.3 is 6.18 Å². The lowest BCUT2D eigenvalue weighted by Crippen LogP contribution is -2.49. The fourth-order valence-electron chi connectivity index (χ4n) is 4.38. The van der Waals surface area contributed by atoms with E-state index in [1.54, 1.807) is 11.8 Å². The molecule has 10 heteroatoms. The van der Waals surface area contributed by atoms with Crippen LogP contribution < -0.4 is 10.1 Å². The van der Waals surface area contributed by atoms with Gasteiger partial charge in [-0.2, -0.15) is 23.3 Å². The first-order chi connectivity index (χ1) is 14.7. The largest absolute Gasteiger partial charge is 0.481 e. The Labute approximate surface area is 178 Å². The number of carbonyl (C=O) groups excluding carboxylic acids is 1. The molecule has 0 saturated carbocycles. The number of ether oxygens (including phenoxy) is 1. The van der Waals surface area contributed by atoms with Crippen molar-refractivity contribution in [2.75, 3.05) is 18.4 Å². The number of halogens is 3. The van der Waals surface area contributed by atoms with Crippen molar-refractivity contribution in [2.45, 2.75) is 57.5 Å². The highest BCUT2D eigenvalue weighted by Crippen LogP contribution is 2.41. The molecule has 1 amide bonds. The highest BCUT2D eigenvalue weighted by Gasteiger charge is 2.48. The molecule has 0 bridgehead atoms. The van der Waals surface area contributed by atoms with Crippen LogP contribution in [0.5, 0.6) is 5.75 Å². The van der Waals surface area contributed by atoms with Crippen molar-refractivity contribution >= 4 is 11.9 Å². The molecular weight excluding hydrogens is 411 g/mol. The number of hydrogen-bond acceptors (Lipinski definition) is 5. The molecular formula is C21H26F3N5O2. The van der Waals surface area contributed by atoms with E-state index >= 15 is 0 Å². The van der Waals surface area contributed by atoms with Crippen molar-refractivity contribution in [3.8, 4) is 5.75 Å². The van der Waals surface area contributed by atoms with Crippen LogP contribution in [-0.4, -0.2) is 57.0 Å². The number of anilines is 1. The fourth-order valence-corrected chi connectivity index (χ4v) is 4.38. The Morgan fingerprint density at radius 3 is 2.55 bits per heavy atom. The van der Waals surface area contributed by atoms with Crippen LogP contribution in [0.15, 0.2) is 30.6 Å². The summed E-state index contributed by atoms with van der Waals surface area (Å²) in [5.74, 6) is 0.698. The Morgan fingerprint density at radius 2 is 1.90 bits per heavy atom. The van der Waals surface area contributed by atoms with E-state index in [0.29, 0.717) is 31.7 Å². The number of benzene rings is 1. The molecule has 1 aromatic carbocycles. The van der Waals surface area contributed by atoms with Crippen LogP contribution in [0.4, 0.5) is 19.1 Å². The summed E-state index contributed by atoms with van der Waals surface area (Å²) >= 11 is 0. The molecule has 1 unspecified atom stereocenters. The van der Waals surface area contributed by atoms with Gasteiger partial charge in [0.25, 0.3) is 5.91 Å². The maximum Gasteiger partial charge on any atom is 0.411 e. The number of aryl methyl sites for hydroxylation is 1. The standard InChI is InChI=1S/C21H26F3N5O2/c1-13-3-5-16(6-4-13)31-14(2)19(30)28-9-7-15(8-10-28)17-11-18(21(22,23)24)29-20(27-17)25-12-26-29/h3-6,12,14-15,17-18H,7-11H2,1-2H3,(H,25,26,27)/t14?,17-,18+/m0/s1. The van der Waals surface area contributed by atoms with Gasteiger partial charge in [0.05, 0.1) is 0 Å². The van der Waals surface area contributed by atoms with Crippen LogP contribution in [0.25, 0.3) is 0 Å². The van der Waals surface area contributed by atoms with Crippen molar-refractivity contribution in [1.29, 1.82) is 0 Å². The Hall–Kier alpha value is -2.78. The second-order valence-electron chi connectivity index (χ2n) is 8.31. The molecule has 4 rings (SSSR count). The average molecular weight is 437 g/mol. The Morgan fingerprint density at radius 1 is 1.23 bits per heavy atom. The molecule has 31 heavy (non-hydrogen) atoms. The number of carbonyl (C=O) groups is 1. The Bertz CT molecular complexity index is 906. The zero-order valence-corrected chi connectivity index (χ0v) is 17.5. The first-order valence-electron chi connectivity index (χ1n) is 10.5. The number of amides is 1. The van der Waals surface area contributed by atoms with Gasteiger partial charge < -0.3 is 15.0 Å². The number of likely N-dealkylation sites (tertiary alicyclic amines) is 1. The first-order valence-corrected chi connectivity index (χ1v) is 10.5. The van der Waals surface area contributed by atoms with Gasteiger partial charge in [-0.15, -0.1) is 0 Å². The van der Waals surface area contributed by atoms with Gasteiger partial charge in [0.1, 0.15) is 12.1 Å². The third-order valence-electron chi connectivity index (χ3n) is 6.14. The number of nitrogens with zero attached hydrogens (tertiary/aromatic N) is 4. The summed E-state index contributed by atoms with van der Waals surface area (Å²) in [6.45, 7) is 4.68. The lowest BCUT2D eigenvalue weighted by Gasteiger charge is -2.40. The van der Waals surface area contributed by atoms with Crippen molar-refractivity contribution < 1.29 is 22.7 Å². The molecule has 0 aliphatic carbocycles. The minimum Gasteiger partial charge on any atom is -0.481 e. The van der Waals surface area contributed by atoms with Gasteiger partial charge in [0.2, 0.25) is 5.95 Å². The zero-order valence-electron chi connectivity index (χ0n) is 17.5. The topological polar surface area (TPSA) is 72.3 Å². The quantitative estimate of drug-likeness (QED) is 0.792. The number of nitrogens with one attached hydrogen (secondary N) is 1. The Balaban J connectivity index is 1.34. The highest BCUT2D eigenvalue weighted by molar-refractivity contribution is 5.81. The van der Waals surface area contributed by atoms with Crippen LogP contribution in [0, 0.1) is 12.8 Å². The van der Waals surface area contributed by atoms with E-state index in [1.807, 2.05) is 31.2 Å². The molecule has 2 aliphatic rings. The third kappa shape index (κ3) is 4.62. The molecule has 1 N–H and O–H groups in total. The van der Waals surface area contributed by atoms with Crippen LogP contribution >= 0.6 is 0 Å². The summed E-state index contributed by atoms with van der Waals surface area (Å²) in [5, 5.41) is 6.85. The van der Waals surface area contributed by atoms with Crippen molar-refractivity contribution in [3.05, 3.63) is 36.2 Å². The van der Waals surface area contributed by atoms with Crippen LogP contribution in [0.1, 0.15) is 37.8 Å². The third-order valence-corrected chi connectivity index (χ3v) is 6.14. The van der Waals surface area contributed by atoms with Gasteiger partial charge in [0.15, 0.2) is 12.1 Å². The van der Waals surface area contributed by atoms with Gasteiger partial charge in [-0.25, -0.2) is 4.68 Å². The molecule has 1 fully saturated rings. The molecule has 168 valence electrons. The van der Waals surface area contributed by atoms with E-state index in [0.717, 1.165) is 16.6 Å². The summed E-state index contributed by atoms with van der Waals surface area (Å²) in [5.41, 5.74) is 1.11. The van der Waals surface area contributed by atoms with Crippen LogP contribution in [-0.2, 0) is 4.79 Å². The number of hydrogen-bond donors (Lipinski definition) is 1. The minimum absolute atomic E-state index is 0.0210. The predicted octanol–water partition coefficient (Wildman–Crippen LogP) is 3.58. The van der Waals surface area contributed by atoms with E-state index in [2.05, 4.69) is 15.4 Å². The van der Waals surface area contributed by atoms with Crippen molar-refractivity contribution in [3.63, 3.8) is 0 Å². The second-order valence-corrected chi connectivity index (χ2v) is 8.31. The molecule has 3 atom stereocenters. The maximum absolute atomic E-state index is 13.5. The minimum atomic E-state index is -4.39. The molecule has 7 nitrogen and oxygen atoms in total. The van der Waals surface area contributed by atoms with E-state index in [9.17, 15) is 18.0 Å². The number of alkyl halides is 3. The Kier molecular flexibility index (Phi) is 5.81. The van der Waals surface area contributed by atoms with Gasteiger partial charge in [-0.05, 0) is 51.2 Å². The lowest BCUT2D eigenvalue weighted by molar-refractivity contribution is -0.174. The molecule has 0 spiro atoms. The molecule has 0 radical (unpaired) electrons. The summed E-state index contributed by atoms with van der Waals surface area (Å²) < 4.78 is 47.2. The number of rotatable bonds is 4. The first kappa shape index (κ1) is 21.5. The smallest absolute Gasteiger partial charge is 0.411 e. The van der Waals surface area contributed by atoms with E-state index < -0.39 is 18.3 Å².